The van der Waals surface area contributed by atoms with Crippen molar-refractivity contribution < 1.29 is 9.59 Å². The van der Waals surface area contributed by atoms with Gasteiger partial charge in [0.05, 0.1) is 0 Å². The molecule has 0 fully saturated rings. The molecular formula is C18H14Cl4O2S. The van der Waals surface area contributed by atoms with E-state index in [4.69, 9.17) is 46.4 Å². The van der Waals surface area contributed by atoms with E-state index in [0.29, 0.717) is 22.3 Å². The van der Waals surface area contributed by atoms with Crippen molar-refractivity contribution in [3.05, 3.63) is 70.8 Å². The van der Waals surface area contributed by atoms with Gasteiger partial charge in [-0.2, -0.15) is 0 Å². The van der Waals surface area contributed by atoms with Crippen LogP contribution in [-0.2, 0) is 7.33 Å². The van der Waals surface area contributed by atoms with Gasteiger partial charge in [0.25, 0.3) is 0 Å². The first-order valence-electron chi connectivity index (χ1n) is 7.22. The molecule has 2 nitrogen and oxygen atoms in total. The third-order valence-corrected chi connectivity index (χ3v) is 6.29. The average molecular weight is 436 g/mol. The molecule has 25 heavy (non-hydrogen) atoms. The topological polar surface area (TPSA) is 34.1 Å². The van der Waals surface area contributed by atoms with Crippen molar-refractivity contribution in [1.29, 1.82) is 0 Å². The molecular weight excluding hydrogens is 422 g/mol. The van der Waals surface area contributed by atoms with Gasteiger partial charge in [0, 0.05) is 11.1 Å². The number of halogens is 4. The van der Waals surface area contributed by atoms with E-state index in [1.807, 2.05) is 0 Å². The molecule has 0 aliphatic heterocycles. The highest BCUT2D eigenvalue weighted by molar-refractivity contribution is 8.05. The standard InChI is InChI=1S/C18H14Cl4O2S/c1-11(23)13-3-7-15(8-4-13)17(19,20)25-18(21,22)16-9-5-14(6-10-16)12(2)24/h3-10H,1-2H3. The summed E-state index contributed by atoms with van der Waals surface area (Å²) in [7, 11) is 0. The van der Waals surface area contributed by atoms with Crippen molar-refractivity contribution >= 4 is 69.7 Å². The number of hydrogen-bond donors (Lipinski definition) is 0. The molecule has 0 saturated heterocycles. The van der Waals surface area contributed by atoms with Gasteiger partial charge >= 0.3 is 0 Å². The molecule has 2 aromatic rings. The molecule has 0 amide bonds. The lowest BCUT2D eigenvalue weighted by Crippen LogP contribution is -2.15. The van der Waals surface area contributed by atoms with E-state index in [2.05, 4.69) is 0 Å². The van der Waals surface area contributed by atoms with Gasteiger partial charge in [0.15, 0.2) is 18.9 Å². The van der Waals surface area contributed by atoms with Crippen molar-refractivity contribution in [1.82, 2.24) is 0 Å². The molecule has 0 aliphatic rings. The van der Waals surface area contributed by atoms with Crippen molar-refractivity contribution in [2.75, 3.05) is 0 Å². The Morgan fingerprint density at radius 2 is 0.960 bits per heavy atom. The van der Waals surface area contributed by atoms with Gasteiger partial charge in [-0.25, -0.2) is 0 Å². The first-order valence-corrected chi connectivity index (χ1v) is 9.54. The zero-order valence-corrected chi connectivity index (χ0v) is 17.2. The molecule has 0 heterocycles. The van der Waals surface area contributed by atoms with Gasteiger partial charge in [0.2, 0.25) is 0 Å². The maximum atomic E-state index is 11.4. The van der Waals surface area contributed by atoms with E-state index in [0.717, 1.165) is 11.8 Å². The van der Waals surface area contributed by atoms with Crippen LogP contribution in [0.3, 0.4) is 0 Å². The predicted molar refractivity (Wildman–Crippen MR) is 107 cm³/mol. The highest BCUT2D eigenvalue weighted by Gasteiger charge is 2.40. The molecule has 2 rings (SSSR count). The van der Waals surface area contributed by atoms with E-state index in [9.17, 15) is 9.59 Å². The van der Waals surface area contributed by atoms with Crippen LogP contribution in [0.2, 0.25) is 0 Å². The van der Waals surface area contributed by atoms with Crippen LogP contribution < -0.4 is 0 Å². The van der Waals surface area contributed by atoms with Crippen LogP contribution in [0.25, 0.3) is 0 Å². The van der Waals surface area contributed by atoms with E-state index >= 15 is 0 Å². The van der Waals surface area contributed by atoms with E-state index in [1.54, 1.807) is 48.5 Å². The first-order chi connectivity index (χ1) is 11.5. The smallest absolute Gasteiger partial charge is 0.191 e. The van der Waals surface area contributed by atoms with Crippen LogP contribution in [0, 0.1) is 0 Å². The number of alkyl halides is 4. The third-order valence-electron chi connectivity index (χ3n) is 3.51. The Morgan fingerprint density at radius 1 is 0.680 bits per heavy atom. The van der Waals surface area contributed by atoms with Crippen LogP contribution in [0.1, 0.15) is 45.7 Å². The van der Waals surface area contributed by atoms with Crippen molar-refractivity contribution in [2.45, 2.75) is 21.2 Å². The summed E-state index contributed by atoms with van der Waals surface area (Å²) < 4.78 is -2.86. The fourth-order valence-corrected chi connectivity index (χ4v) is 5.27. The molecule has 0 unspecified atom stereocenters. The minimum atomic E-state index is -1.43. The van der Waals surface area contributed by atoms with Crippen LogP contribution in [0.5, 0.6) is 0 Å². The second-order valence-electron chi connectivity index (χ2n) is 5.40. The Morgan fingerprint density at radius 3 is 1.20 bits per heavy atom. The maximum absolute atomic E-state index is 11.4. The van der Waals surface area contributed by atoms with E-state index in [1.165, 1.54) is 13.8 Å². The SMILES string of the molecule is CC(=O)c1ccc(C(Cl)(Cl)SC(Cl)(Cl)c2ccc(C(C)=O)cc2)cc1. The molecule has 132 valence electrons. The molecule has 0 bridgehead atoms. The number of rotatable bonds is 6. The first kappa shape index (κ1) is 20.6. The van der Waals surface area contributed by atoms with Gasteiger partial charge in [0.1, 0.15) is 0 Å². The molecule has 2 aromatic carbocycles. The lowest BCUT2D eigenvalue weighted by Gasteiger charge is -2.28. The van der Waals surface area contributed by atoms with E-state index in [-0.39, 0.29) is 11.6 Å². The molecule has 0 radical (unpaired) electrons. The highest BCUT2D eigenvalue weighted by atomic mass is 35.5. The summed E-state index contributed by atoms with van der Waals surface area (Å²) in [6.45, 7) is 2.96. The van der Waals surface area contributed by atoms with Crippen LogP contribution in [0.15, 0.2) is 48.5 Å². The Kier molecular flexibility index (Phi) is 6.50. The minimum Gasteiger partial charge on any atom is -0.295 e. The predicted octanol–water partition coefficient (Wildman–Crippen LogP) is 6.70. The van der Waals surface area contributed by atoms with Gasteiger partial charge in [-0.15, -0.1) is 0 Å². The van der Waals surface area contributed by atoms with Crippen LogP contribution >= 0.6 is 58.2 Å². The Balaban J connectivity index is 2.24. The Hall–Kier alpha value is -0.710. The molecule has 0 saturated carbocycles. The summed E-state index contributed by atoms with van der Waals surface area (Å²) in [6.07, 6.45) is 0. The van der Waals surface area contributed by atoms with Crippen molar-refractivity contribution in [3.8, 4) is 0 Å². The summed E-state index contributed by atoms with van der Waals surface area (Å²) in [5.41, 5.74) is 2.22. The number of thioether (sulfide) groups is 1. The summed E-state index contributed by atoms with van der Waals surface area (Å²) in [5, 5.41) is 0. The molecule has 7 heteroatoms. The van der Waals surface area contributed by atoms with E-state index < -0.39 is 7.33 Å². The van der Waals surface area contributed by atoms with Gasteiger partial charge in [-0.1, -0.05) is 107 Å². The summed E-state index contributed by atoms with van der Waals surface area (Å²) >= 11 is 26.7. The zero-order valence-electron chi connectivity index (χ0n) is 13.4. The number of Topliss-reactive ketones (excluding diaryl/α,β-unsaturated/α-hetero) is 2. The molecule has 0 aromatic heterocycles. The van der Waals surface area contributed by atoms with Gasteiger partial charge in [-0.05, 0) is 25.0 Å². The summed E-state index contributed by atoms with van der Waals surface area (Å²) in [5.74, 6) is -0.105. The lowest BCUT2D eigenvalue weighted by atomic mass is 10.1. The van der Waals surface area contributed by atoms with Gasteiger partial charge < -0.3 is 0 Å². The zero-order chi connectivity index (χ0) is 18.8. The second kappa shape index (κ2) is 7.89. The highest BCUT2D eigenvalue weighted by Crippen LogP contribution is 2.58. The Bertz CT molecular complexity index is 716. The van der Waals surface area contributed by atoms with Crippen LogP contribution in [0.4, 0.5) is 0 Å². The normalized spacial score (nSPS) is 12.1. The van der Waals surface area contributed by atoms with Crippen LogP contribution in [-0.4, -0.2) is 11.6 Å². The number of hydrogen-bond acceptors (Lipinski definition) is 3. The molecule has 0 N–H and O–H groups in total. The second-order valence-corrected chi connectivity index (χ2v) is 10.4. The molecule has 0 atom stereocenters. The number of ketones is 2. The minimum absolute atomic E-state index is 0.0523. The quantitative estimate of drug-likeness (QED) is 0.373. The van der Waals surface area contributed by atoms with Crippen molar-refractivity contribution in [3.63, 3.8) is 0 Å². The maximum Gasteiger partial charge on any atom is 0.191 e. The molecule has 0 aliphatic carbocycles. The summed E-state index contributed by atoms with van der Waals surface area (Å²) in [4.78, 5) is 22.7. The fourth-order valence-electron chi connectivity index (χ4n) is 2.08. The third kappa shape index (κ3) is 5.15. The monoisotopic (exact) mass is 434 g/mol. The Labute approximate surface area is 170 Å². The van der Waals surface area contributed by atoms with Crippen molar-refractivity contribution in [2.24, 2.45) is 0 Å². The lowest BCUT2D eigenvalue weighted by molar-refractivity contribution is 0.100. The number of benzene rings is 2. The fraction of sp³-hybridized carbons (Fsp3) is 0.222. The van der Waals surface area contributed by atoms with Gasteiger partial charge in [-0.3, -0.25) is 9.59 Å². The molecule has 0 spiro atoms. The largest absolute Gasteiger partial charge is 0.295 e. The number of carbonyl (C=O) groups excluding carboxylic acids is 2. The number of carbonyl (C=O) groups is 2. The summed E-state index contributed by atoms with van der Waals surface area (Å²) in [6, 6.07) is 13.2. The average Bonchev–Trinajstić information content (AvgIpc) is 2.54.